The van der Waals surface area contributed by atoms with Crippen LogP contribution in [-0.4, -0.2) is 30.1 Å². The van der Waals surface area contributed by atoms with Crippen LogP contribution in [-0.2, 0) is 4.84 Å². The molecule has 1 amide bonds. The Hall–Kier alpha value is -0.470. The predicted molar refractivity (Wildman–Crippen MR) is 61.0 cm³/mol. The molecule has 0 N–H and O–H groups in total. The number of amides is 1. The first-order valence-electron chi connectivity index (χ1n) is 3.80. The summed E-state index contributed by atoms with van der Waals surface area (Å²) in [6, 6.07) is 0. The fourth-order valence-corrected chi connectivity index (χ4v) is 1.77. The lowest BCUT2D eigenvalue weighted by Gasteiger charge is -2.14. The number of carbonyl (C=O) groups is 1. The van der Waals surface area contributed by atoms with Crippen LogP contribution < -0.4 is 0 Å². The number of hydroxylamine groups is 2. The minimum Gasteiger partial charge on any atom is -0.274 e. The van der Waals surface area contributed by atoms with E-state index in [0.29, 0.717) is 0 Å². The Morgan fingerprint density at radius 2 is 2.33 bits per heavy atom. The molecular formula is C8H7ClFIN2O2. The third-order valence-electron chi connectivity index (χ3n) is 1.71. The van der Waals surface area contributed by atoms with Gasteiger partial charge in [0.15, 0.2) is 11.0 Å². The molecule has 0 bridgehead atoms. The molecule has 0 saturated carbocycles. The molecule has 15 heavy (non-hydrogen) atoms. The number of carbonyl (C=O) groups excluding carboxylic acids is 1. The SMILES string of the molecule is CON(C)C(=O)c1cnc(Cl)c(F)c1I. The molecular weight excluding hydrogens is 337 g/mol. The van der Waals surface area contributed by atoms with Crippen molar-refractivity contribution in [2.24, 2.45) is 0 Å². The highest BCUT2D eigenvalue weighted by molar-refractivity contribution is 14.1. The van der Waals surface area contributed by atoms with Crippen molar-refractivity contribution in [3.63, 3.8) is 0 Å². The monoisotopic (exact) mass is 344 g/mol. The third kappa shape index (κ3) is 2.56. The first-order chi connectivity index (χ1) is 6.99. The van der Waals surface area contributed by atoms with Crippen molar-refractivity contribution in [3.8, 4) is 0 Å². The Labute approximate surface area is 104 Å². The Morgan fingerprint density at radius 3 is 2.87 bits per heavy atom. The van der Waals surface area contributed by atoms with Crippen LogP contribution >= 0.6 is 34.2 Å². The first-order valence-corrected chi connectivity index (χ1v) is 5.26. The second kappa shape index (κ2) is 5.04. The molecule has 0 aliphatic rings. The minimum atomic E-state index is -0.701. The molecule has 1 heterocycles. The van der Waals surface area contributed by atoms with Crippen LogP contribution in [0.15, 0.2) is 6.20 Å². The summed E-state index contributed by atoms with van der Waals surface area (Å²) in [6.07, 6.45) is 1.21. The van der Waals surface area contributed by atoms with E-state index in [-0.39, 0.29) is 14.3 Å². The fraction of sp³-hybridized carbons (Fsp3) is 0.250. The Balaban J connectivity index is 3.16. The van der Waals surface area contributed by atoms with Gasteiger partial charge in [0.1, 0.15) is 0 Å². The van der Waals surface area contributed by atoms with E-state index in [0.717, 1.165) is 5.06 Å². The van der Waals surface area contributed by atoms with E-state index in [1.165, 1.54) is 20.4 Å². The number of nitrogens with zero attached hydrogens (tertiary/aromatic N) is 2. The maximum atomic E-state index is 13.3. The molecule has 0 saturated heterocycles. The van der Waals surface area contributed by atoms with E-state index < -0.39 is 11.7 Å². The number of hydrogen-bond donors (Lipinski definition) is 0. The molecule has 0 aliphatic carbocycles. The van der Waals surface area contributed by atoms with Crippen LogP contribution in [0.4, 0.5) is 4.39 Å². The van der Waals surface area contributed by atoms with Crippen LogP contribution in [0.5, 0.6) is 0 Å². The van der Waals surface area contributed by atoms with E-state index >= 15 is 0 Å². The predicted octanol–water partition coefficient (Wildman–Crippen LogP) is 2.11. The summed E-state index contributed by atoms with van der Waals surface area (Å²) < 4.78 is 13.4. The van der Waals surface area contributed by atoms with Gasteiger partial charge in [-0.25, -0.2) is 14.4 Å². The van der Waals surface area contributed by atoms with Gasteiger partial charge in [0.2, 0.25) is 0 Å². The molecule has 1 aromatic heterocycles. The normalized spacial score (nSPS) is 10.2. The summed E-state index contributed by atoms with van der Waals surface area (Å²) in [5, 5.41) is 0.725. The van der Waals surface area contributed by atoms with E-state index in [9.17, 15) is 9.18 Å². The molecule has 0 aliphatic heterocycles. The summed E-state index contributed by atoms with van der Waals surface area (Å²) in [6.45, 7) is 0. The number of hydrogen-bond acceptors (Lipinski definition) is 3. The highest BCUT2D eigenvalue weighted by Crippen LogP contribution is 2.21. The Bertz CT molecular complexity index is 402. The Kier molecular flexibility index (Phi) is 4.23. The quantitative estimate of drug-likeness (QED) is 0.469. The van der Waals surface area contributed by atoms with Crippen molar-refractivity contribution in [3.05, 3.63) is 26.3 Å². The van der Waals surface area contributed by atoms with Gasteiger partial charge in [-0.15, -0.1) is 0 Å². The van der Waals surface area contributed by atoms with Crippen LogP contribution in [0.1, 0.15) is 10.4 Å². The van der Waals surface area contributed by atoms with Crippen molar-refractivity contribution in [2.75, 3.05) is 14.2 Å². The lowest BCUT2D eigenvalue weighted by atomic mass is 10.2. The molecule has 82 valence electrons. The molecule has 0 radical (unpaired) electrons. The van der Waals surface area contributed by atoms with Gasteiger partial charge in [-0.3, -0.25) is 9.63 Å². The molecule has 0 aromatic carbocycles. The maximum Gasteiger partial charge on any atom is 0.279 e. The van der Waals surface area contributed by atoms with Crippen LogP contribution in [0.3, 0.4) is 0 Å². The molecule has 1 aromatic rings. The zero-order valence-electron chi connectivity index (χ0n) is 7.92. The van der Waals surface area contributed by atoms with Gasteiger partial charge in [0.25, 0.3) is 5.91 Å². The average Bonchev–Trinajstić information content (AvgIpc) is 2.24. The van der Waals surface area contributed by atoms with Gasteiger partial charge in [-0.1, -0.05) is 11.6 Å². The van der Waals surface area contributed by atoms with E-state index in [4.69, 9.17) is 11.6 Å². The summed E-state index contributed by atoms with van der Waals surface area (Å²) in [7, 11) is 2.76. The van der Waals surface area contributed by atoms with Gasteiger partial charge >= 0.3 is 0 Å². The highest BCUT2D eigenvalue weighted by Gasteiger charge is 2.19. The minimum absolute atomic E-state index is 0.113. The van der Waals surface area contributed by atoms with Crippen LogP contribution in [0, 0.1) is 9.39 Å². The fourth-order valence-electron chi connectivity index (χ4n) is 0.845. The summed E-state index contributed by atoms with van der Waals surface area (Å²) >= 11 is 7.15. The first kappa shape index (κ1) is 12.6. The third-order valence-corrected chi connectivity index (χ3v) is 3.03. The van der Waals surface area contributed by atoms with Crippen molar-refractivity contribution in [1.29, 1.82) is 0 Å². The number of pyridine rings is 1. The summed E-state index contributed by atoms with van der Waals surface area (Å²) in [5.41, 5.74) is 0.113. The number of rotatable bonds is 2. The van der Waals surface area contributed by atoms with E-state index in [1.54, 1.807) is 22.6 Å². The smallest absolute Gasteiger partial charge is 0.274 e. The zero-order chi connectivity index (χ0) is 11.6. The zero-order valence-corrected chi connectivity index (χ0v) is 10.8. The number of aromatic nitrogens is 1. The molecule has 1 rings (SSSR count). The van der Waals surface area contributed by atoms with Gasteiger partial charge in [-0.05, 0) is 22.6 Å². The highest BCUT2D eigenvalue weighted by atomic mass is 127. The van der Waals surface area contributed by atoms with Gasteiger partial charge in [0.05, 0.1) is 16.2 Å². The van der Waals surface area contributed by atoms with E-state index in [2.05, 4.69) is 9.82 Å². The molecule has 0 spiro atoms. The molecule has 0 fully saturated rings. The van der Waals surface area contributed by atoms with Gasteiger partial charge < -0.3 is 0 Å². The van der Waals surface area contributed by atoms with Gasteiger partial charge in [0, 0.05) is 13.2 Å². The Morgan fingerprint density at radius 1 is 1.73 bits per heavy atom. The lowest BCUT2D eigenvalue weighted by molar-refractivity contribution is -0.0758. The molecule has 0 atom stereocenters. The van der Waals surface area contributed by atoms with Crippen molar-refractivity contribution in [1.82, 2.24) is 10.0 Å². The summed E-state index contributed by atoms with van der Waals surface area (Å²) in [5.74, 6) is -1.18. The topological polar surface area (TPSA) is 42.4 Å². The van der Waals surface area contributed by atoms with Crippen LogP contribution in [0.2, 0.25) is 5.15 Å². The second-order valence-corrected chi connectivity index (χ2v) is 4.01. The molecule has 0 unspecified atom stereocenters. The van der Waals surface area contributed by atoms with E-state index in [1.807, 2.05) is 0 Å². The van der Waals surface area contributed by atoms with Crippen LogP contribution in [0.25, 0.3) is 0 Å². The van der Waals surface area contributed by atoms with Crippen molar-refractivity contribution in [2.45, 2.75) is 0 Å². The lowest BCUT2D eigenvalue weighted by Crippen LogP contribution is -2.26. The maximum absolute atomic E-state index is 13.3. The van der Waals surface area contributed by atoms with Crippen molar-refractivity contribution >= 4 is 40.1 Å². The number of halogens is 3. The molecule has 4 nitrogen and oxygen atoms in total. The largest absolute Gasteiger partial charge is 0.279 e. The summed E-state index contributed by atoms with van der Waals surface area (Å²) in [4.78, 5) is 19.9. The standard InChI is InChI=1S/C8H7ClFIN2O2/c1-13(15-2)8(14)4-3-12-7(9)5(10)6(4)11/h3H,1-2H3. The second-order valence-electron chi connectivity index (χ2n) is 2.58. The average molecular weight is 345 g/mol. The van der Waals surface area contributed by atoms with Crippen molar-refractivity contribution < 1.29 is 14.0 Å². The molecule has 7 heteroatoms. The van der Waals surface area contributed by atoms with Gasteiger partial charge in [-0.2, -0.15) is 0 Å².